The van der Waals surface area contributed by atoms with Crippen LogP contribution in [0.4, 0.5) is 0 Å². The van der Waals surface area contributed by atoms with Crippen molar-refractivity contribution in [2.45, 2.75) is 32.1 Å². The molecule has 0 rings (SSSR count). The Morgan fingerprint density at radius 2 is 1.18 bits per heavy atom. The van der Waals surface area contributed by atoms with E-state index < -0.39 is 0 Å². The van der Waals surface area contributed by atoms with Gasteiger partial charge in [-0.15, -0.1) is 0 Å². The van der Waals surface area contributed by atoms with Gasteiger partial charge in [-0.2, -0.15) is 12.6 Å². The maximum absolute atomic E-state index is 11.4. The molecular weight excluding hydrogens is 388 g/mol. The van der Waals surface area contributed by atoms with Gasteiger partial charge in [0, 0.05) is 13.1 Å². The SMILES string of the molecule is CC(C)OCC(=O)NCCOCCOCCOCCOCCNC(=O)C(C)S. The summed E-state index contributed by atoms with van der Waals surface area (Å²) in [5.41, 5.74) is 0. The molecular formula is C18H36N2O7S. The molecule has 0 saturated heterocycles. The van der Waals surface area contributed by atoms with Crippen molar-refractivity contribution >= 4 is 24.4 Å². The van der Waals surface area contributed by atoms with Crippen LogP contribution in [-0.2, 0) is 33.3 Å². The minimum atomic E-state index is -0.315. The summed E-state index contributed by atoms with van der Waals surface area (Å²) in [6, 6.07) is 0. The van der Waals surface area contributed by atoms with E-state index in [4.69, 9.17) is 23.7 Å². The summed E-state index contributed by atoms with van der Waals surface area (Å²) in [4.78, 5) is 22.6. The molecule has 28 heavy (non-hydrogen) atoms. The Labute approximate surface area is 173 Å². The quantitative estimate of drug-likeness (QED) is 0.198. The number of ether oxygens (including phenoxy) is 5. The molecule has 1 unspecified atom stereocenters. The highest BCUT2D eigenvalue weighted by Gasteiger charge is 2.05. The van der Waals surface area contributed by atoms with Gasteiger partial charge in [-0.25, -0.2) is 0 Å². The lowest BCUT2D eigenvalue weighted by Crippen LogP contribution is -2.32. The van der Waals surface area contributed by atoms with Gasteiger partial charge in [0.2, 0.25) is 11.8 Å². The maximum atomic E-state index is 11.4. The second kappa shape index (κ2) is 19.4. The molecule has 166 valence electrons. The molecule has 0 aliphatic carbocycles. The van der Waals surface area contributed by atoms with E-state index in [2.05, 4.69) is 23.3 Å². The predicted octanol–water partition coefficient (Wildman–Crippen LogP) is 0.0285. The van der Waals surface area contributed by atoms with E-state index in [1.54, 1.807) is 6.92 Å². The van der Waals surface area contributed by atoms with Crippen molar-refractivity contribution in [1.29, 1.82) is 0 Å². The normalized spacial score (nSPS) is 12.2. The van der Waals surface area contributed by atoms with Gasteiger partial charge < -0.3 is 34.3 Å². The number of nitrogens with one attached hydrogen (secondary N) is 2. The second-order valence-electron chi connectivity index (χ2n) is 6.13. The van der Waals surface area contributed by atoms with Gasteiger partial charge in [-0.1, -0.05) is 0 Å². The van der Waals surface area contributed by atoms with Gasteiger partial charge in [0.05, 0.1) is 64.2 Å². The van der Waals surface area contributed by atoms with E-state index in [9.17, 15) is 9.59 Å². The maximum Gasteiger partial charge on any atom is 0.246 e. The zero-order chi connectivity index (χ0) is 21.0. The summed E-state index contributed by atoms with van der Waals surface area (Å²) in [5.74, 6) is -0.253. The van der Waals surface area contributed by atoms with E-state index in [0.717, 1.165) is 0 Å². The van der Waals surface area contributed by atoms with Crippen LogP contribution < -0.4 is 10.6 Å². The minimum Gasteiger partial charge on any atom is -0.377 e. The third-order valence-electron chi connectivity index (χ3n) is 3.16. The van der Waals surface area contributed by atoms with Crippen molar-refractivity contribution in [1.82, 2.24) is 10.6 Å². The van der Waals surface area contributed by atoms with Crippen molar-refractivity contribution in [2.75, 3.05) is 72.6 Å². The van der Waals surface area contributed by atoms with Gasteiger partial charge in [-0.05, 0) is 20.8 Å². The average molecular weight is 425 g/mol. The fourth-order valence-corrected chi connectivity index (χ4v) is 1.80. The Bertz CT molecular complexity index is 398. The monoisotopic (exact) mass is 424 g/mol. The molecule has 0 aromatic carbocycles. The molecule has 0 aliphatic heterocycles. The molecule has 0 heterocycles. The summed E-state index contributed by atoms with van der Waals surface area (Å²) in [7, 11) is 0. The molecule has 0 spiro atoms. The zero-order valence-electron chi connectivity index (χ0n) is 17.2. The zero-order valence-corrected chi connectivity index (χ0v) is 18.1. The van der Waals surface area contributed by atoms with Crippen LogP contribution in [0.3, 0.4) is 0 Å². The first-order valence-electron chi connectivity index (χ1n) is 9.58. The van der Waals surface area contributed by atoms with Gasteiger partial charge >= 0.3 is 0 Å². The van der Waals surface area contributed by atoms with Crippen molar-refractivity contribution in [3.8, 4) is 0 Å². The molecule has 0 aliphatic rings. The van der Waals surface area contributed by atoms with Crippen LogP contribution in [0, 0.1) is 0 Å². The lowest BCUT2D eigenvalue weighted by Gasteiger charge is -2.09. The number of hydrogen-bond acceptors (Lipinski definition) is 8. The second-order valence-corrected chi connectivity index (χ2v) is 6.90. The molecule has 2 amide bonds. The van der Waals surface area contributed by atoms with E-state index >= 15 is 0 Å². The molecule has 2 N–H and O–H groups in total. The van der Waals surface area contributed by atoms with E-state index in [0.29, 0.717) is 65.9 Å². The first kappa shape index (κ1) is 27.1. The molecule has 0 aromatic rings. The Kier molecular flexibility index (Phi) is 18.8. The number of rotatable bonds is 19. The lowest BCUT2D eigenvalue weighted by atomic mass is 10.4. The Balaban J connectivity index is 3.16. The lowest BCUT2D eigenvalue weighted by molar-refractivity contribution is -0.127. The number of amides is 2. The van der Waals surface area contributed by atoms with Crippen LogP contribution in [0.1, 0.15) is 20.8 Å². The molecule has 0 aromatic heterocycles. The number of hydrogen-bond donors (Lipinski definition) is 3. The van der Waals surface area contributed by atoms with Gasteiger partial charge in [0.15, 0.2) is 0 Å². The summed E-state index contributed by atoms with van der Waals surface area (Å²) < 4.78 is 26.6. The van der Waals surface area contributed by atoms with Crippen LogP contribution in [-0.4, -0.2) is 95.7 Å². The third kappa shape index (κ3) is 19.8. The summed E-state index contributed by atoms with van der Waals surface area (Å²) in [5, 5.41) is 5.09. The predicted molar refractivity (Wildman–Crippen MR) is 109 cm³/mol. The highest BCUT2D eigenvalue weighted by atomic mass is 32.1. The molecule has 0 saturated carbocycles. The molecule has 0 bridgehead atoms. The van der Waals surface area contributed by atoms with Crippen molar-refractivity contribution in [3.05, 3.63) is 0 Å². The van der Waals surface area contributed by atoms with Crippen molar-refractivity contribution < 1.29 is 33.3 Å². The molecule has 9 nitrogen and oxygen atoms in total. The topological polar surface area (TPSA) is 104 Å². The first-order chi connectivity index (χ1) is 13.4. The highest BCUT2D eigenvalue weighted by Crippen LogP contribution is 1.90. The number of carbonyl (C=O) groups excluding carboxylic acids is 2. The molecule has 10 heteroatoms. The fourth-order valence-electron chi connectivity index (χ4n) is 1.71. The standard InChI is InChI=1S/C18H36N2O7S/c1-15(2)27-14-17(21)19-4-6-23-8-10-25-12-13-26-11-9-24-7-5-20-18(22)16(3)28/h15-16,28H,4-14H2,1-3H3,(H,19,21)(H,20,22). The molecule has 0 fully saturated rings. The van der Waals surface area contributed by atoms with E-state index in [1.807, 2.05) is 13.8 Å². The van der Waals surface area contributed by atoms with Crippen LogP contribution >= 0.6 is 12.6 Å². The minimum absolute atomic E-state index is 0.0389. The Morgan fingerprint density at radius 3 is 1.61 bits per heavy atom. The van der Waals surface area contributed by atoms with E-state index in [1.165, 1.54) is 0 Å². The van der Waals surface area contributed by atoms with Crippen LogP contribution in [0.5, 0.6) is 0 Å². The van der Waals surface area contributed by atoms with Crippen LogP contribution in [0.25, 0.3) is 0 Å². The Hall–Kier alpha value is -0.910. The Morgan fingerprint density at radius 1 is 0.750 bits per heavy atom. The molecule has 1 atom stereocenters. The third-order valence-corrected chi connectivity index (χ3v) is 3.39. The van der Waals surface area contributed by atoms with Gasteiger partial charge in [0.25, 0.3) is 0 Å². The van der Waals surface area contributed by atoms with Crippen LogP contribution in [0.2, 0.25) is 0 Å². The first-order valence-corrected chi connectivity index (χ1v) is 10.1. The van der Waals surface area contributed by atoms with Crippen LogP contribution in [0.15, 0.2) is 0 Å². The summed E-state index contributed by atoms with van der Waals surface area (Å²) in [6.07, 6.45) is 0.0389. The largest absolute Gasteiger partial charge is 0.377 e. The summed E-state index contributed by atoms with van der Waals surface area (Å²) >= 11 is 4.03. The number of carbonyl (C=O) groups is 2. The smallest absolute Gasteiger partial charge is 0.246 e. The van der Waals surface area contributed by atoms with E-state index in [-0.39, 0.29) is 29.8 Å². The number of thiol groups is 1. The van der Waals surface area contributed by atoms with Crippen molar-refractivity contribution in [2.24, 2.45) is 0 Å². The van der Waals surface area contributed by atoms with Gasteiger partial charge in [0.1, 0.15) is 6.61 Å². The average Bonchev–Trinajstić information content (AvgIpc) is 2.65. The fraction of sp³-hybridized carbons (Fsp3) is 0.889. The van der Waals surface area contributed by atoms with Gasteiger partial charge in [-0.3, -0.25) is 9.59 Å². The molecule has 0 radical (unpaired) electrons. The van der Waals surface area contributed by atoms with Crippen molar-refractivity contribution in [3.63, 3.8) is 0 Å². The highest BCUT2D eigenvalue weighted by molar-refractivity contribution is 7.81. The summed E-state index contributed by atoms with van der Waals surface area (Å²) in [6.45, 7) is 10.1.